The van der Waals surface area contributed by atoms with Gasteiger partial charge in [0.1, 0.15) is 22.3 Å². The molecule has 0 N–H and O–H groups in total. The maximum atomic E-state index is 6.96. The van der Waals surface area contributed by atoms with Gasteiger partial charge in [-0.2, -0.15) is 0 Å². The third kappa shape index (κ3) is 6.87. The summed E-state index contributed by atoms with van der Waals surface area (Å²) < 4.78 is 27.8. The van der Waals surface area contributed by atoms with E-state index >= 15 is 0 Å². The molecule has 0 unspecified atom stereocenters. The molecule has 3 aliphatic rings. The zero-order chi connectivity index (χ0) is 63.1. The summed E-state index contributed by atoms with van der Waals surface area (Å²) in [6, 6.07) is 93.1. The van der Waals surface area contributed by atoms with Gasteiger partial charge < -0.3 is 27.5 Å². The second-order valence-electron chi connectivity index (χ2n) is 28.2. The first-order valence-corrected chi connectivity index (χ1v) is 33.1. The third-order valence-electron chi connectivity index (χ3n) is 22.2. The number of furan rings is 4. The fraction of sp³-hybridized carbons (Fsp3) is 0.101. The Kier molecular flexibility index (Phi) is 10.2. The summed E-state index contributed by atoms with van der Waals surface area (Å²) in [5, 5.41) is 13.3. The average molecular weight is 1220 g/mol. The van der Waals surface area contributed by atoms with Crippen LogP contribution >= 0.6 is 0 Å². The number of anilines is 6. The molecule has 6 nitrogen and oxygen atoms in total. The molecule has 0 saturated heterocycles. The Morgan fingerprint density at radius 2 is 0.453 bits per heavy atom. The molecule has 4 heterocycles. The first-order chi connectivity index (χ1) is 46.4. The van der Waals surface area contributed by atoms with Crippen molar-refractivity contribution < 1.29 is 17.7 Å². The highest BCUT2D eigenvalue weighted by Crippen LogP contribution is 2.63. The molecule has 450 valence electrons. The van der Waals surface area contributed by atoms with Crippen LogP contribution in [0.3, 0.4) is 0 Å². The van der Waals surface area contributed by atoms with Crippen molar-refractivity contribution in [3.05, 3.63) is 288 Å². The molecule has 0 atom stereocenters. The number of hydrogen-bond acceptors (Lipinski definition) is 6. The van der Waals surface area contributed by atoms with Crippen LogP contribution in [0.5, 0.6) is 0 Å². The Labute approximate surface area is 547 Å². The van der Waals surface area contributed by atoms with Crippen LogP contribution in [0.25, 0.3) is 143 Å². The van der Waals surface area contributed by atoms with Gasteiger partial charge in [-0.3, -0.25) is 0 Å². The third-order valence-corrected chi connectivity index (χ3v) is 22.2. The normalized spacial score (nSPS) is 14.7. The predicted molar refractivity (Wildman–Crippen MR) is 393 cm³/mol. The van der Waals surface area contributed by atoms with Crippen LogP contribution in [0, 0.1) is 0 Å². The molecule has 0 bridgehead atoms. The zero-order valence-corrected chi connectivity index (χ0v) is 53.3. The highest BCUT2D eigenvalue weighted by Gasteiger charge is 2.46. The number of nitrogens with zero attached hydrogens (tertiary/aromatic N) is 2. The maximum absolute atomic E-state index is 6.96. The molecule has 0 fully saturated rings. The van der Waals surface area contributed by atoms with Crippen LogP contribution in [0.1, 0.15) is 74.9 Å². The smallest absolute Gasteiger partial charge is 0.159 e. The summed E-state index contributed by atoms with van der Waals surface area (Å²) in [6.45, 7) is 14.6. The van der Waals surface area contributed by atoms with Crippen LogP contribution in [0.4, 0.5) is 34.1 Å². The van der Waals surface area contributed by atoms with Crippen LogP contribution in [0.2, 0.25) is 0 Å². The van der Waals surface area contributed by atoms with E-state index in [0.29, 0.717) is 0 Å². The van der Waals surface area contributed by atoms with Crippen molar-refractivity contribution in [2.24, 2.45) is 0 Å². The number of para-hydroxylation sites is 8. The first-order valence-electron chi connectivity index (χ1n) is 33.1. The van der Waals surface area contributed by atoms with Crippen molar-refractivity contribution in [3.8, 4) is 33.4 Å². The molecule has 4 aromatic heterocycles. The molecule has 0 aliphatic heterocycles. The molecule has 14 aromatic carbocycles. The van der Waals surface area contributed by atoms with Crippen LogP contribution in [-0.2, 0) is 16.2 Å². The van der Waals surface area contributed by atoms with Gasteiger partial charge in [0.25, 0.3) is 0 Å². The van der Waals surface area contributed by atoms with Crippen LogP contribution in [0.15, 0.2) is 272 Å². The number of benzene rings is 14. The Morgan fingerprint density at radius 1 is 0.211 bits per heavy atom. The molecular weight excluding hydrogens is 1160 g/mol. The maximum Gasteiger partial charge on any atom is 0.159 e. The van der Waals surface area contributed by atoms with E-state index in [4.69, 9.17) is 17.7 Å². The lowest BCUT2D eigenvalue weighted by Gasteiger charge is -2.30. The molecule has 0 spiro atoms. The molecule has 95 heavy (non-hydrogen) atoms. The Bertz CT molecular complexity index is 5860. The van der Waals surface area contributed by atoms with E-state index in [1.54, 1.807) is 0 Å². The molecule has 3 aliphatic carbocycles. The Balaban J connectivity index is 0.747. The van der Waals surface area contributed by atoms with Gasteiger partial charge in [-0.15, -0.1) is 0 Å². The van der Waals surface area contributed by atoms with Gasteiger partial charge in [-0.25, -0.2) is 0 Å². The van der Waals surface area contributed by atoms with Crippen LogP contribution in [-0.4, -0.2) is 0 Å². The molecule has 0 amide bonds. The molecule has 18 aromatic rings. The SMILES string of the molecule is CC1(C)c2cc3c(cc2-c2cc4c(cc21)-c1c(cc(N(c2cccc5c2oc2ccccc25)c2cccc5c2oc2ccccc25)c2ccccc12)C4(C)C)C(C)(C)c1cc(N(c2cccc4c2oc2ccccc24)c2cccc4c2oc2ccccc24)c2ccccc2c1-3. The minimum atomic E-state index is -0.402. The van der Waals surface area contributed by atoms with Crippen molar-refractivity contribution >= 4 is 143 Å². The highest BCUT2D eigenvalue weighted by atomic mass is 16.3. The second kappa shape index (κ2) is 18.4. The Hall–Kier alpha value is -11.6. The van der Waals surface area contributed by atoms with Gasteiger partial charge in [0.05, 0.1) is 34.1 Å². The number of hydrogen-bond donors (Lipinski definition) is 0. The topological polar surface area (TPSA) is 59.0 Å². The summed E-state index contributed by atoms with van der Waals surface area (Å²) in [7, 11) is 0. The standard InChI is InChI=1S/C89H60N2O4/c1-87(2)65-45-63-67(88(3,4)69-47-75(49-23-7-9-29-55(49)81(63)69)90(71-35-19-31-57-51-25-11-15-39-77(51)92-83(57)71)72-36-20-32-58-52-26-12-16-40-78(52)93-84(58)72)43-61(65)62-44-68-64(46-66(62)87)82-56-30-10-8-24-50(56)76(48-70(82)89(68,5)6)91(73-37-21-33-59-53-27-13-17-41-79(53)94-85(59)73)74-38-22-34-60-54-28-14-18-42-80(54)95-86(60)74/h7-48H,1-6H3. The first kappa shape index (κ1) is 53.0. The van der Waals surface area contributed by atoms with E-state index in [-0.39, 0.29) is 5.41 Å². The van der Waals surface area contributed by atoms with Crippen molar-refractivity contribution in [3.63, 3.8) is 0 Å². The van der Waals surface area contributed by atoms with Crippen molar-refractivity contribution in [1.82, 2.24) is 0 Å². The van der Waals surface area contributed by atoms with E-state index in [1.807, 2.05) is 0 Å². The lowest BCUT2D eigenvalue weighted by molar-refractivity contribution is 0.649. The summed E-state index contributed by atoms with van der Waals surface area (Å²) >= 11 is 0. The molecule has 0 saturated carbocycles. The van der Waals surface area contributed by atoms with E-state index in [0.717, 1.165) is 133 Å². The van der Waals surface area contributed by atoms with E-state index in [1.165, 1.54) is 77.5 Å². The molecular formula is C89H60N2O4. The van der Waals surface area contributed by atoms with Gasteiger partial charge in [0.15, 0.2) is 22.3 Å². The molecule has 0 radical (unpaired) electrons. The number of rotatable bonds is 6. The van der Waals surface area contributed by atoms with E-state index in [9.17, 15) is 0 Å². The predicted octanol–water partition coefficient (Wildman–Crippen LogP) is 25.4. The van der Waals surface area contributed by atoms with Gasteiger partial charge in [-0.05, 0) is 162 Å². The summed E-state index contributed by atoms with van der Waals surface area (Å²) in [6.07, 6.45) is 0. The Morgan fingerprint density at radius 3 is 0.768 bits per heavy atom. The largest absolute Gasteiger partial charge is 0.454 e. The second-order valence-corrected chi connectivity index (χ2v) is 28.2. The lowest BCUT2D eigenvalue weighted by Crippen LogP contribution is -2.18. The van der Waals surface area contributed by atoms with Crippen LogP contribution < -0.4 is 9.80 Å². The van der Waals surface area contributed by atoms with E-state index in [2.05, 4.69) is 306 Å². The van der Waals surface area contributed by atoms with Gasteiger partial charge in [-0.1, -0.05) is 211 Å². The summed E-state index contributed by atoms with van der Waals surface area (Å²) in [4.78, 5) is 4.84. The minimum Gasteiger partial charge on any atom is -0.454 e. The number of fused-ring (bicyclic) bond motifs is 25. The molecule has 6 heteroatoms. The van der Waals surface area contributed by atoms with Crippen molar-refractivity contribution in [1.29, 1.82) is 0 Å². The summed E-state index contributed by atoms with van der Waals surface area (Å²) in [5.74, 6) is 0. The molecule has 21 rings (SSSR count). The van der Waals surface area contributed by atoms with E-state index < -0.39 is 10.8 Å². The van der Waals surface area contributed by atoms with Gasteiger partial charge in [0, 0.05) is 70.1 Å². The fourth-order valence-corrected chi connectivity index (χ4v) is 17.6. The van der Waals surface area contributed by atoms with Gasteiger partial charge in [0.2, 0.25) is 0 Å². The monoisotopic (exact) mass is 1220 g/mol. The fourth-order valence-electron chi connectivity index (χ4n) is 17.6. The average Bonchev–Trinajstić information content (AvgIpc) is 1.53. The van der Waals surface area contributed by atoms with Crippen molar-refractivity contribution in [2.45, 2.75) is 57.8 Å². The zero-order valence-electron chi connectivity index (χ0n) is 53.3. The van der Waals surface area contributed by atoms with Crippen molar-refractivity contribution in [2.75, 3.05) is 9.80 Å². The lowest BCUT2D eigenvalue weighted by atomic mass is 9.78. The minimum absolute atomic E-state index is 0.333. The highest BCUT2D eigenvalue weighted by molar-refractivity contribution is 6.20. The van der Waals surface area contributed by atoms with Gasteiger partial charge >= 0.3 is 0 Å². The quantitative estimate of drug-likeness (QED) is 0.165. The summed E-state index contributed by atoms with van der Waals surface area (Å²) in [5.41, 5.74) is 27.3.